The largest absolute Gasteiger partial charge is 0.369 e. The highest BCUT2D eigenvalue weighted by molar-refractivity contribution is 6.34. The molecule has 0 aliphatic heterocycles. The quantitative estimate of drug-likeness (QED) is 0.806. The molecule has 0 fully saturated rings. The summed E-state index contributed by atoms with van der Waals surface area (Å²) in [5.41, 5.74) is 0.454. The molecule has 1 heterocycles. The van der Waals surface area contributed by atoms with Crippen molar-refractivity contribution in [1.29, 1.82) is 5.26 Å². The van der Waals surface area contributed by atoms with Gasteiger partial charge in [-0.1, -0.05) is 18.5 Å². The van der Waals surface area contributed by atoms with Gasteiger partial charge in [0.1, 0.15) is 16.9 Å². The van der Waals surface area contributed by atoms with Crippen LogP contribution in [0, 0.1) is 11.3 Å². The third kappa shape index (κ3) is 2.33. The molecule has 0 aliphatic carbocycles. The molecule has 0 unspecified atom stereocenters. The first kappa shape index (κ1) is 9.82. The summed E-state index contributed by atoms with van der Waals surface area (Å²) in [5.74, 6) is 0.586. The van der Waals surface area contributed by atoms with Crippen LogP contribution < -0.4 is 5.32 Å². The van der Waals surface area contributed by atoms with Crippen LogP contribution in [0.5, 0.6) is 0 Å². The molecule has 13 heavy (non-hydrogen) atoms. The zero-order valence-electron chi connectivity index (χ0n) is 7.34. The smallest absolute Gasteiger partial charge is 0.146 e. The second kappa shape index (κ2) is 4.68. The number of halogens is 1. The Hall–Kier alpha value is -1.27. The first-order chi connectivity index (χ1) is 6.29. The van der Waals surface area contributed by atoms with Crippen molar-refractivity contribution in [2.24, 2.45) is 0 Å². The van der Waals surface area contributed by atoms with Crippen LogP contribution in [0.25, 0.3) is 0 Å². The number of pyridine rings is 1. The van der Waals surface area contributed by atoms with E-state index in [9.17, 15) is 0 Å². The number of aromatic nitrogens is 1. The SMILES string of the molecule is CCCNc1nccc(C#N)c1Cl. The second-order valence-electron chi connectivity index (χ2n) is 2.56. The van der Waals surface area contributed by atoms with Gasteiger partial charge >= 0.3 is 0 Å². The first-order valence-corrected chi connectivity index (χ1v) is 4.46. The summed E-state index contributed by atoms with van der Waals surface area (Å²) in [6, 6.07) is 3.60. The number of anilines is 1. The molecule has 3 nitrogen and oxygen atoms in total. The normalized spacial score (nSPS) is 9.31. The van der Waals surface area contributed by atoms with Crippen molar-refractivity contribution in [1.82, 2.24) is 4.98 Å². The van der Waals surface area contributed by atoms with Crippen LogP contribution in [-0.4, -0.2) is 11.5 Å². The fourth-order valence-corrected chi connectivity index (χ4v) is 1.12. The maximum absolute atomic E-state index is 8.68. The number of nitriles is 1. The maximum Gasteiger partial charge on any atom is 0.146 e. The summed E-state index contributed by atoms with van der Waals surface area (Å²) in [6.45, 7) is 2.86. The van der Waals surface area contributed by atoms with E-state index in [2.05, 4.69) is 17.2 Å². The van der Waals surface area contributed by atoms with Gasteiger partial charge < -0.3 is 5.32 Å². The first-order valence-electron chi connectivity index (χ1n) is 4.08. The lowest BCUT2D eigenvalue weighted by molar-refractivity contribution is 0.969. The molecular weight excluding hydrogens is 186 g/mol. The summed E-state index contributed by atoms with van der Waals surface area (Å²) in [4.78, 5) is 4.03. The van der Waals surface area contributed by atoms with Crippen LogP contribution in [0.4, 0.5) is 5.82 Å². The highest BCUT2D eigenvalue weighted by Crippen LogP contribution is 2.22. The molecule has 0 saturated carbocycles. The molecule has 0 aromatic carbocycles. The van der Waals surface area contributed by atoms with Crippen molar-refractivity contribution in [3.8, 4) is 6.07 Å². The summed E-state index contributed by atoms with van der Waals surface area (Å²) in [7, 11) is 0. The summed E-state index contributed by atoms with van der Waals surface area (Å²) in [5, 5.41) is 12.1. The lowest BCUT2D eigenvalue weighted by Crippen LogP contribution is -2.02. The number of nitrogens with zero attached hydrogens (tertiary/aromatic N) is 2. The summed E-state index contributed by atoms with van der Waals surface area (Å²) < 4.78 is 0. The van der Waals surface area contributed by atoms with Gasteiger partial charge in [-0.3, -0.25) is 0 Å². The lowest BCUT2D eigenvalue weighted by Gasteiger charge is -2.05. The predicted molar refractivity (Wildman–Crippen MR) is 52.7 cm³/mol. The Morgan fingerprint density at radius 3 is 3.08 bits per heavy atom. The standard InChI is InChI=1S/C9H10ClN3/c1-2-4-12-9-8(10)7(6-11)3-5-13-9/h3,5H,2,4H2,1H3,(H,12,13). The Labute approximate surface area is 82.4 Å². The topological polar surface area (TPSA) is 48.7 Å². The highest BCUT2D eigenvalue weighted by atomic mass is 35.5. The Kier molecular flexibility index (Phi) is 3.53. The van der Waals surface area contributed by atoms with Gasteiger partial charge in [0.05, 0.1) is 5.56 Å². The van der Waals surface area contributed by atoms with E-state index >= 15 is 0 Å². The zero-order chi connectivity index (χ0) is 9.68. The molecule has 0 bridgehead atoms. The van der Waals surface area contributed by atoms with E-state index in [1.807, 2.05) is 6.07 Å². The van der Waals surface area contributed by atoms with Crippen LogP contribution >= 0.6 is 11.6 Å². The van der Waals surface area contributed by atoms with Crippen molar-refractivity contribution >= 4 is 17.4 Å². The molecular formula is C9H10ClN3. The van der Waals surface area contributed by atoms with E-state index in [-0.39, 0.29) is 0 Å². The highest BCUT2D eigenvalue weighted by Gasteiger charge is 2.05. The van der Waals surface area contributed by atoms with Crippen molar-refractivity contribution in [3.63, 3.8) is 0 Å². The van der Waals surface area contributed by atoms with E-state index in [1.165, 1.54) is 0 Å². The average Bonchev–Trinajstić information content (AvgIpc) is 2.16. The molecule has 0 spiro atoms. The van der Waals surface area contributed by atoms with Crippen LogP contribution in [0.2, 0.25) is 5.02 Å². The fourth-order valence-electron chi connectivity index (χ4n) is 0.897. The minimum atomic E-state index is 0.401. The van der Waals surface area contributed by atoms with Gasteiger partial charge in [0, 0.05) is 12.7 Å². The molecule has 0 radical (unpaired) electrons. The average molecular weight is 196 g/mol. The third-order valence-electron chi connectivity index (χ3n) is 1.55. The number of hydrogen-bond acceptors (Lipinski definition) is 3. The molecule has 1 N–H and O–H groups in total. The molecule has 0 amide bonds. The zero-order valence-corrected chi connectivity index (χ0v) is 8.10. The Morgan fingerprint density at radius 2 is 2.46 bits per heavy atom. The van der Waals surface area contributed by atoms with Crippen LogP contribution in [0.3, 0.4) is 0 Å². The van der Waals surface area contributed by atoms with Gasteiger partial charge in [-0.15, -0.1) is 0 Å². The van der Waals surface area contributed by atoms with Gasteiger partial charge in [-0.25, -0.2) is 4.98 Å². The van der Waals surface area contributed by atoms with Crippen molar-refractivity contribution in [3.05, 3.63) is 22.8 Å². The lowest BCUT2D eigenvalue weighted by atomic mass is 10.3. The monoisotopic (exact) mass is 195 g/mol. The number of hydrogen-bond donors (Lipinski definition) is 1. The third-order valence-corrected chi connectivity index (χ3v) is 1.93. The van der Waals surface area contributed by atoms with E-state index in [0.29, 0.717) is 16.4 Å². The minimum Gasteiger partial charge on any atom is -0.369 e. The van der Waals surface area contributed by atoms with E-state index in [1.54, 1.807) is 12.3 Å². The van der Waals surface area contributed by atoms with Crippen molar-refractivity contribution in [2.75, 3.05) is 11.9 Å². The van der Waals surface area contributed by atoms with Gasteiger partial charge in [0.15, 0.2) is 0 Å². The maximum atomic E-state index is 8.68. The van der Waals surface area contributed by atoms with E-state index < -0.39 is 0 Å². The number of rotatable bonds is 3. The molecule has 4 heteroatoms. The second-order valence-corrected chi connectivity index (χ2v) is 2.94. The van der Waals surface area contributed by atoms with E-state index in [4.69, 9.17) is 16.9 Å². The molecule has 0 saturated heterocycles. The minimum absolute atomic E-state index is 0.401. The van der Waals surface area contributed by atoms with Gasteiger partial charge in [-0.2, -0.15) is 5.26 Å². The Balaban J connectivity index is 2.90. The van der Waals surface area contributed by atoms with Crippen LogP contribution in [0.1, 0.15) is 18.9 Å². The van der Waals surface area contributed by atoms with E-state index in [0.717, 1.165) is 13.0 Å². The Bertz CT molecular complexity index is 330. The Morgan fingerprint density at radius 1 is 1.69 bits per heavy atom. The predicted octanol–water partition coefficient (Wildman–Crippen LogP) is 2.43. The van der Waals surface area contributed by atoms with Crippen molar-refractivity contribution in [2.45, 2.75) is 13.3 Å². The molecule has 68 valence electrons. The van der Waals surface area contributed by atoms with Gasteiger partial charge in [0.2, 0.25) is 0 Å². The van der Waals surface area contributed by atoms with Crippen molar-refractivity contribution < 1.29 is 0 Å². The van der Waals surface area contributed by atoms with Gasteiger partial charge in [-0.05, 0) is 12.5 Å². The molecule has 1 aromatic heterocycles. The van der Waals surface area contributed by atoms with Crippen LogP contribution in [0.15, 0.2) is 12.3 Å². The molecule has 1 aromatic rings. The fraction of sp³-hybridized carbons (Fsp3) is 0.333. The van der Waals surface area contributed by atoms with Gasteiger partial charge in [0.25, 0.3) is 0 Å². The number of nitrogens with one attached hydrogen (secondary N) is 1. The molecule has 1 rings (SSSR count). The summed E-state index contributed by atoms with van der Waals surface area (Å²) in [6.07, 6.45) is 2.57. The molecule has 0 atom stereocenters. The van der Waals surface area contributed by atoms with Crippen LogP contribution in [-0.2, 0) is 0 Å². The molecule has 0 aliphatic rings. The summed E-state index contributed by atoms with van der Waals surface area (Å²) >= 11 is 5.90.